The van der Waals surface area contributed by atoms with Crippen LogP contribution >= 0.6 is 22.7 Å². The lowest BCUT2D eigenvalue weighted by Crippen LogP contribution is -2.04. The molecule has 7 aromatic carbocycles. The average Bonchev–Trinajstić information content (AvgIpc) is 3.79. The van der Waals surface area contributed by atoms with Gasteiger partial charge in [0.2, 0.25) is 0 Å². The Balaban J connectivity index is 1.36. The third-order valence-corrected chi connectivity index (χ3v) is 11.8. The SMILES string of the molecule is c1ccc2c(c1)ccc1c2c2cc3sc4ccccc4c3cc2n1-c1nc2ccccc2nc1-c1cccc2sc3ccccc3c12. The number of thiophene rings is 2. The molecule has 0 saturated heterocycles. The van der Waals surface area contributed by atoms with Crippen molar-refractivity contribution in [2.24, 2.45) is 0 Å². The van der Waals surface area contributed by atoms with Crippen LogP contribution in [0.15, 0.2) is 140 Å². The molecule has 0 saturated carbocycles. The van der Waals surface area contributed by atoms with E-state index in [1.807, 2.05) is 34.8 Å². The molecule has 11 rings (SSSR count). The second-order valence-electron chi connectivity index (χ2n) is 12.1. The van der Waals surface area contributed by atoms with Gasteiger partial charge in [-0.25, -0.2) is 9.97 Å². The van der Waals surface area contributed by atoms with E-state index < -0.39 is 0 Å². The van der Waals surface area contributed by atoms with Gasteiger partial charge in [0.1, 0.15) is 5.69 Å². The highest BCUT2D eigenvalue weighted by Gasteiger charge is 2.23. The number of para-hydroxylation sites is 2. The van der Waals surface area contributed by atoms with E-state index in [1.165, 1.54) is 61.9 Å². The molecule has 4 aromatic heterocycles. The van der Waals surface area contributed by atoms with Crippen molar-refractivity contribution in [1.82, 2.24) is 14.5 Å². The summed E-state index contributed by atoms with van der Waals surface area (Å²) < 4.78 is 7.51. The summed E-state index contributed by atoms with van der Waals surface area (Å²) in [6, 6.07) is 50.3. The van der Waals surface area contributed by atoms with Gasteiger partial charge in [0, 0.05) is 56.7 Å². The number of fused-ring (bicyclic) bond motifs is 12. The zero-order chi connectivity index (χ0) is 30.6. The van der Waals surface area contributed by atoms with E-state index in [2.05, 4.69) is 132 Å². The van der Waals surface area contributed by atoms with E-state index in [4.69, 9.17) is 9.97 Å². The van der Waals surface area contributed by atoms with Gasteiger partial charge >= 0.3 is 0 Å². The van der Waals surface area contributed by atoms with Gasteiger partial charge < -0.3 is 0 Å². The van der Waals surface area contributed by atoms with Crippen LogP contribution in [0.5, 0.6) is 0 Å². The predicted octanol–water partition coefficient (Wildman–Crippen LogP) is 12.3. The van der Waals surface area contributed by atoms with Gasteiger partial charge in [-0.3, -0.25) is 4.57 Å². The first-order valence-electron chi connectivity index (χ1n) is 15.8. The molecule has 218 valence electrons. The highest BCUT2D eigenvalue weighted by atomic mass is 32.1. The number of nitrogens with zero attached hydrogens (tertiary/aromatic N) is 3. The van der Waals surface area contributed by atoms with E-state index in [0.29, 0.717) is 0 Å². The Morgan fingerprint density at radius 3 is 1.98 bits per heavy atom. The van der Waals surface area contributed by atoms with Gasteiger partial charge in [-0.15, -0.1) is 22.7 Å². The van der Waals surface area contributed by atoms with Crippen molar-refractivity contribution in [3.8, 4) is 17.1 Å². The molecule has 0 N–H and O–H groups in total. The van der Waals surface area contributed by atoms with Crippen LogP contribution in [-0.2, 0) is 0 Å². The average molecular weight is 634 g/mol. The Kier molecular flexibility index (Phi) is 5.14. The fraction of sp³-hybridized carbons (Fsp3) is 0. The zero-order valence-corrected chi connectivity index (χ0v) is 26.6. The first-order chi connectivity index (χ1) is 23.3. The molecule has 0 fully saturated rings. The molecule has 0 bridgehead atoms. The largest absolute Gasteiger partial charge is 0.292 e. The second-order valence-corrected chi connectivity index (χ2v) is 14.3. The van der Waals surface area contributed by atoms with Crippen molar-refractivity contribution >= 4 is 107 Å². The highest BCUT2D eigenvalue weighted by Crippen LogP contribution is 2.45. The summed E-state index contributed by atoms with van der Waals surface area (Å²) in [6.07, 6.45) is 0. The quantitative estimate of drug-likeness (QED) is 0.190. The van der Waals surface area contributed by atoms with E-state index in [-0.39, 0.29) is 0 Å². The Hall–Kier alpha value is -5.62. The molecule has 0 aliphatic carbocycles. The fourth-order valence-corrected chi connectivity index (χ4v) is 9.79. The van der Waals surface area contributed by atoms with Crippen molar-refractivity contribution < 1.29 is 0 Å². The maximum absolute atomic E-state index is 5.48. The van der Waals surface area contributed by atoms with Gasteiger partial charge in [0.25, 0.3) is 0 Å². The zero-order valence-electron chi connectivity index (χ0n) is 24.9. The molecule has 0 aliphatic heterocycles. The number of hydrogen-bond donors (Lipinski definition) is 0. The van der Waals surface area contributed by atoms with Gasteiger partial charge in [0.15, 0.2) is 5.82 Å². The Morgan fingerprint density at radius 1 is 0.426 bits per heavy atom. The maximum Gasteiger partial charge on any atom is 0.165 e. The third kappa shape index (κ3) is 3.55. The van der Waals surface area contributed by atoms with Gasteiger partial charge in [-0.05, 0) is 59.3 Å². The van der Waals surface area contributed by atoms with E-state index in [9.17, 15) is 0 Å². The minimum absolute atomic E-state index is 0.848. The van der Waals surface area contributed by atoms with Crippen molar-refractivity contribution in [2.75, 3.05) is 0 Å². The van der Waals surface area contributed by atoms with Gasteiger partial charge in [-0.1, -0.05) is 91.0 Å². The third-order valence-electron chi connectivity index (χ3n) is 9.57. The minimum Gasteiger partial charge on any atom is -0.292 e. The molecule has 0 spiro atoms. The summed E-state index contributed by atoms with van der Waals surface area (Å²) in [7, 11) is 0. The Labute approximate surface area is 276 Å². The summed E-state index contributed by atoms with van der Waals surface area (Å²) in [4.78, 5) is 10.9. The Bertz CT molecular complexity index is 3090. The van der Waals surface area contributed by atoms with Crippen LogP contribution in [0.4, 0.5) is 0 Å². The van der Waals surface area contributed by atoms with Crippen LogP contribution in [0.25, 0.3) is 101 Å². The first kappa shape index (κ1) is 25.6. The van der Waals surface area contributed by atoms with Crippen molar-refractivity contribution in [3.05, 3.63) is 140 Å². The number of hydrogen-bond acceptors (Lipinski definition) is 4. The van der Waals surface area contributed by atoms with Crippen LogP contribution in [0.1, 0.15) is 0 Å². The van der Waals surface area contributed by atoms with Crippen LogP contribution in [0.3, 0.4) is 0 Å². The molecule has 0 amide bonds. The molecular formula is C42H23N3S2. The number of aromatic nitrogens is 3. The number of benzene rings is 7. The lowest BCUT2D eigenvalue weighted by Gasteiger charge is -2.15. The predicted molar refractivity (Wildman–Crippen MR) is 203 cm³/mol. The minimum atomic E-state index is 0.848. The molecule has 47 heavy (non-hydrogen) atoms. The summed E-state index contributed by atoms with van der Waals surface area (Å²) >= 11 is 3.70. The van der Waals surface area contributed by atoms with Crippen molar-refractivity contribution in [2.45, 2.75) is 0 Å². The molecule has 0 radical (unpaired) electrons. The first-order valence-corrected chi connectivity index (χ1v) is 17.4. The lowest BCUT2D eigenvalue weighted by molar-refractivity contribution is 1.08. The summed E-state index contributed by atoms with van der Waals surface area (Å²) in [6.45, 7) is 0. The number of rotatable bonds is 2. The van der Waals surface area contributed by atoms with Gasteiger partial charge in [0.05, 0.1) is 22.1 Å². The van der Waals surface area contributed by atoms with Crippen LogP contribution < -0.4 is 0 Å². The summed E-state index contributed by atoms with van der Waals surface area (Å²) in [5.74, 6) is 0.848. The van der Waals surface area contributed by atoms with Crippen LogP contribution in [0.2, 0.25) is 0 Å². The maximum atomic E-state index is 5.48. The molecule has 0 aliphatic rings. The molecule has 5 heteroatoms. The molecule has 3 nitrogen and oxygen atoms in total. The van der Waals surface area contributed by atoms with E-state index in [0.717, 1.165) is 39.1 Å². The monoisotopic (exact) mass is 633 g/mol. The molecule has 0 unspecified atom stereocenters. The highest BCUT2D eigenvalue weighted by molar-refractivity contribution is 7.26. The van der Waals surface area contributed by atoms with Crippen molar-refractivity contribution in [3.63, 3.8) is 0 Å². The Morgan fingerprint density at radius 2 is 1.11 bits per heavy atom. The van der Waals surface area contributed by atoms with E-state index in [1.54, 1.807) is 0 Å². The van der Waals surface area contributed by atoms with Gasteiger partial charge in [-0.2, -0.15) is 0 Å². The molecule has 4 heterocycles. The van der Waals surface area contributed by atoms with Crippen LogP contribution in [-0.4, -0.2) is 14.5 Å². The normalized spacial score (nSPS) is 12.3. The van der Waals surface area contributed by atoms with E-state index >= 15 is 0 Å². The lowest BCUT2D eigenvalue weighted by atomic mass is 10.0. The smallest absolute Gasteiger partial charge is 0.165 e. The summed E-state index contributed by atoms with van der Waals surface area (Å²) in [5, 5.41) is 10.0. The fourth-order valence-electron chi connectivity index (χ4n) is 7.53. The molecule has 0 atom stereocenters. The standard InChI is InChI=1S/C42H23N3S2/c1-2-11-25-24(10-1)20-21-33-39(25)30-23-38-29(26-12-3-7-17-35(26)47-38)22-34(30)45(33)42-41(43-31-15-5-6-16-32(31)44-42)28-14-9-19-37-40(28)27-13-4-8-18-36(27)46-37/h1-23H. The van der Waals surface area contributed by atoms with Crippen LogP contribution in [0, 0.1) is 0 Å². The van der Waals surface area contributed by atoms with Crippen molar-refractivity contribution in [1.29, 1.82) is 0 Å². The second kappa shape index (κ2) is 9.46. The topological polar surface area (TPSA) is 30.7 Å². The molecular weight excluding hydrogens is 611 g/mol. The summed E-state index contributed by atoms with van der Waals surface area (Å²) in [5.41, 5.74) is 6.03. The molecule has 11 aromatic rings.